The number of hydrogen-bond donors (Lipinski definition) is 2. The molecule has 3 N–H and O–H groups in total. The number of benzene rings is 4. The molecule has 0 heterocycles. The molecule has 126 valence electrons. The number of carbonyl (C=O) groups is 1. The second-order valence-electron chi connectivity index (χ2n) is 6.62. The van der Waals surface area contributed by atoms with Crippen LogP contribution in [0.2, 0.25) is 0 Å². The number of nitrogens with one attached hydrogen (secondary N) is 1. The Morgan fingerprint density at radius 3 is 2.12 bits per heavy atom. The summed E-state index contributed by atoms with van der Waals surface area (Å²) in [6.45, 7) is 1.04. The van der Waals surface area contributed by atoms with Crippen LogP contribution in [0.4, 0.5) is 0 Å². The molecule has 0 radical (unpaired) electrons. The summed E-state index contributed by atoms with van der Waals surface area (Å²) in [5.74, 6) is 0.0862. The van der Waals surface area contributed by atoms with Gasteiger partial charge in [-0.05, 0) is 50.7 Å². The Morgan fingerprint density at radius 1 is 0.880 bits per heavy atom. The highest BCUT2D eigenvalue weighted by Gasteiger charge is 2.09. The molecule has 0 fully saturated rings. The van der Waals surface area contributed by atoms with Crippen LogP contribution in [0.25, 0.3) is 32.3 Å². The van der Waals surface area contributed by atoms with Crippen molar-refractivity contribution in [2.24, 2.45) is 5.73 Å². The first-order valence-electron chi connectivity index (χ1n) is 8.89. The van der Waals surface area contributed by atoms with Crippen molar-refractivity contribution in [3.8, 4) is 0 Å². The standard InChI is InChI=1S/C22H22N2O/c23-11-12-24-20(25)6-1-3-15-13-18-9-7-16-4-2-5-17-8-10-19(14-15)22(18)21(16)17/h2,4-5,7-10,13-14H,1,3,6,11-12,23H2,(H,24,25). The highest BCUT2D eigenvalue weighted by atomic mass is 16.1. The third-order valence-corrected chi connectivity index (χ3v) is 4.86. The number of rotatable bonds is 6. The lowest BCUT2D eigenvalue weighted by molar-refractivity contribution is -0.121. The molecule has 0 aliphatic heterocycles. The Balaban J connectivity index is 1.62. The lowest BCUT2D eigenvalue weighted by Gasteiger charge is -2.12. The number of carbonyl (C=O) groups excluding carboxylic acids is 1. The fourth-order valence-electron chi connectivity index (χ4n) is 3.72. The molecular weight excluding hydrogens is 308 g/mol. The lowest BCUT2D eigenvalue weighted by Crippen LogP contribution is -2.28. The van der Waals surface area contributed by atoms with Crippen molar-refractivity contribution in [3.05, 3.63) is 60.2 Å². The van der Waals surface area contributed by atoms with Gasteiger partial charge in [-0.1, -0.05) is 54.6 Å². The van der Waals surface area contributed by atoms with E-state index in [-0.39, 0.29) is 5.91 Å². The third kappa shape index (κ3) is 3.03. The monoisotopic (exact) mass is 330 g/mol. The Bertz CT molecular complexity index is 974. The van der Waals surface area contributed by atoms with Gasteiger partial charge < -0.3 is 11.1 Å². The van der Waals surface area contributed by atoms with E-state index in [0.717, 1.165) is 12.8 Å². The first-order chi connectivity index (χ1) is 12.3. The van der Waals surface area contributed by atoms with Gasteiger partial charge in [0.2, 0.25) is 5.91 Å². The Labute approximate surface area is 147 Å². The molecule has 0 bridgehead atoms. The highest BCUT2D eigenvalue weighted by molar-refractivity contribution is 6.23. The zero-order valence-electron chi connectivity index (χ0n) is 14.2. The summed E-state index contributed by atoms with van der Waals surface area (Å²) in [5.41, 5.74) is 6.69. The summed E-state index contributed by atoms with van der Waals surface area (Å²) in [6.07, 6.45) is 2.31. The minimum Gasteiger partial charge on any atom is -0.355 e. The molecule has 0 unspecified atom stereocenters. The maximum Gasteiger partial charge on any atom is 0.220 e. The molecule has 0 aromatic heterocycles. The highest BCUT2D eigenvalue weighted by Crippen LogP contribution is 2.35. The fraction of sp³-hybridized carbons (Fsp3) is 0.227. The van der Waals surface area contributed by atoms with Gasteiger partial charge in [-0.25, -0.2) is 0 Å². The summed E-state index contributed by atoms with van der Waals surface area (Å²) in [5, 5.41) is 10.7. The van der Waals surface area contributed by atoms with Gasteiger partial charge in [0, 0.05) is 19.5 Å². The first kappa shape index (κ1) is 15.9. The van der Waals surface area contributed by atoms with Crippen molar-refractivity contribution >= 4 is 38.2 Å². The van der Waals surface area contributed by atoms with Crippen molar-refractivity contribution in [2.45, 2.75) is 19.3 Å². The first-order valence-corrected chi connectivity index (χ1v) is 8.89. The average Bonchev–Trinajstić information content (AvgIpc) is 2.64. The van der Waals surface area contributed by atoms with Crippen LogP contribution in [-0.4, -0.2) is 19.0 Å². The van der Waals surface area contributed by atoms with Gasteiger partial charge in [0.05, 0.1) is 0 Å². The van der Waals surface area contributed by atoms with Gasteiger partial charge in [0.1, 0.15) is 0 Å². The van der Waals surface area contributed by atoms with Gasteiger partial charge in [-0.15, -0.1) is 0 Å². The molecule has 0 spiro atoms. The molecule has 0 atom stereocenters. The Morgan fingerprint density at radius 2 is 1.48 bits per heavy atom. The molecule has 3 nitrogen and oxygen atoms in total. The topological polar surface area (TPSA) is 55.1 Å². The van der Waals surface area contributed by atoms with Gasteiger partial charge in [0.15, 0.2) is 0 Å². The number of hydrogen-bond acceptors (Lipinski definition) is 2. The van der Waals surface area contributed by atoms with Crippen LogP contribution in [0.5, 0.6) is 0 Å². The second kappa shape index (κ2) is 6.69. The Kier molecular flexibility index (Phi) is 4.24. The van der Waals surface area contributed by atoms with Gasteiger partial charge in [-0.3, -0.25) is 4.79 Å². The van der Waals surface area contributed by atoms with E-state index >= 15 is 0 Å². The zero-order valence-corrected chi connectivity index (χ0v) is 14.2. The van der Waals surface area contributed by atoms with Crippen LogP contribution in [0.1, 0.15) is 18.4 Å². The SMILES string of the molecule is NCCNC(=O)CCCc1cc2ccc3cccc4ccc(c1)c2c34. The lowest BCUT2D eigenvalue weighted by atomic mass is 9.92. The summed E-state index contributed by atoms with van der Waals surface area (Å²) in [6, 6.07) is 19.8. The van der Waals surface area contributed by atoms with Crippen molar-refractivity contribution in [1.82, 2.24) is 5.32 Å². The second-order valence-corrected chi connectivity index (χ2v) is 6.62. The van der Waals surface area contributed by atoms with Crippen molar-refractivity contribution in [3.63, 3.8) is 0 Å². The minimum atomic E-state index is 0.0862. The summed E-state index contributed by atoms with van der Waals surface area (Å²) in [4.78, 5) is 11.7. The molecule has 4 aromatic rings. The average molecular weight is 330 g/mol. The van der Waals surface area contributed by atoms with E-state index in [4.69, 9.17) is 5.73 Å². The Hall–Kier alpha value is -2.65. The normalized spacial score (nSPS) is 11.6. The molecule has 3 heteroatoms. The maximum absolute atomic E-state index is 11.7. The maximum atomic E-state index is 11.7. The van der Waals surface area contributed by atoms with Crippen LogP contribution < -0.4 is 11.1 Å². The number of nitrogens with two attached hydrogens (primary N) is 1. The molecule has 0 aliphatic rings. The molecular formula is C22H22N2O. The van der Waals surface area contributed by atoms with Gasteiger partial charge >= 0.3 is 0 Å². The molecule has 0 aliphatic carbocycles. The summed E-state index contributed by atoms with van der Waals surface area (Å²) in [7, 11) is 0. The van der Waals surface area contributed by atoms with E-state index in [1.165, 1.54) is 37.9 Å². The molecule has 1 amide bonds. The van der Waals surface area contributed by atoms with Gasteiger partial charge in [-0.2, -0.15) is 0 Å². The van der Waals surface area contributed by atoms with Crippen molar-refractivity contribution in [1.29, 1.82) is 0 Å². The van der Waals surface area contributed by atoms with E-state index < -0.39 is 0 Å². The van der Waals surface area contributed by atoms with Crippen LogP contribution in [0.3, 0.4) is 0 Å². The van der Waals surface area contributed by atoms with E-state index in [9.17, 15) is 4.79 Å². The van der Waals surface area contributed by atoms with Crippen molar-refractivity contribution < 1.29 is 4.79 Å². The molecule has 4 rings (SSSR count). The third-order valence-electron chi connectivity index (χ3n) is 4.86. The van der Waals surface area contributed by atoms with Gasteiger partial charge in [0.25, 0.3) is 0 Å². The van der Waals surface area contributed by atoms with E-state index in [1.807, 2.05) is 0 Å². The van der Waals surface area contributed by atoms with Crippen molar-refractivity contribution in [2.75, 3.05) is 13.1 Å². The van der Waals surface area contributed by atoms with E-state index in [1.54, 1.807) is 0 Å². The van der Waals surface area contributed by atoms with Crippen LogP contribution >= 0.6 is 0 Å². The van der Waals surface area contributed by atoms with Crippen LogP contribution in [0.15, 0.2) is 54.6 Å². The van der Waals surface area contributed by atoms with Crippen LogP contribution in [-0.2, 0) is 11.2 Å². The molecule has 0 saturated carbocycles. The quantitative estimate of drug-likeness (QED) is 0.525. The number of aryl methyl sites for hydroxylation is 1. The zero-order chi connectivity index (χ0) is 17.2. The largest absolute Gasteiger partial charge is 0.355 e. The van der Waals surface area contributed by atoms with E-state index in [2.05, 4.69) is 59.9 Å². The fourth-order valence-corrected chi connectivity index (χ4v) is 3.72. The molecule has 4 aromatic carbocycles. The minimum absolute atomic E-state index is 0.0862. The van der Waals surface area contributed by atoms with Crippen LogP contribution in [0, 0.1) is 0 Å². The predicted molar refractivity (Wildman–Crippen MR) is 105 cm³/mol. The number of amides is 1. The van der Waals surface area contributed by atoms with E-state index in [0.29, 0.717) is 19.5 Å². The summed E-state index contributed by atoms with van der Waals surface area (Å²) >= 11 is 0. The smallest absolute Gasteiger partial charge is 0.220 e. The molecule has 25 heavy (non-hydrogen) atoms. The molecule has 0 saturated heterocycles. The predicted octanol–water partition coefficient (Wildman–Crippen LogP) is 3.98. The summed E-state index contributed by atoms with van der Waals surface area (Å²) < 4.78 is 0.